The van der Waals surface area contributed by atoms with Crippen molar-refractivity contribution in [1.29, 1.82) is 0 Å². The molecule has 4 unspecified atom stereocenters. The van der Waals surface area contributed by atoms with E-state index in [0.29, 0.717) is 35.9 Å². The monoisotopic (exact) mass is 307 g/mol. The first-order chi connectivity index (χ1) is 10.4. The highest BCUT2D eigenvalue weighted by atomic mass is 18.2. The molecule has 0 radical (unpaired) electrons. The first-order valence-electron chi connectivity index (χ1n) is 9.20. The number of Topliss-reactive ketones (excluding diaryl/α,β-unsaturated/α-hetero) is 1. The van der Waals surface area contributed by atoms with Crippen LogP contribution in [0.1, 0.15) is 65.2 Å². The standard InChI is InChI=1S/C19H29FO2/c1-18-7-5-12(21)9-11(18)3-4-13-14(18)6-8-19(2)15(13)10-16(20)17(19)22/h11,13-17,22H,3-10H2,1-2H3/t11?,13?,14?,15?,16-,17-,18-,19-/m0/s1/i20-1. The van der Waals surface area contributed by atoms with E-state index in [1.54, 1.807) is 0 Å². The topological polar surface area (TPSA) is 37.3 Å². The van der Waals surface area contributed by atoms with Gasteiger partial charge in [-0.25, -0.2) is 4.39 Å². The number of aliphatic hydroxyl groups is 1. The summed E-state index contributed by atoms with van der Waals surface area (Å²) in [6, 6.07) is 0. The zero-order valence-electron chi connectivity index (χ0n) is 13.9. The molecule has 22 heavy (non-hydrogen) atoms. The number of rotatable bonds is 0. The summed E-state index contributed by atoms with van der Waals surface area (Å²) >= 11 is 0. The largest absolute Gasteiger partial charge is 0.390 e. The minimum Gasteiger partial charge on any atom is -0.390 e. The number of carbonyl (C=O) groups excluding carboxylic acids is 1. The second-order valence-corrected chi connectivity index (χ2v) is 9.14. The number of aliphatic hydroxyl groups excluding tert-OH is 1. The van der Waals surface area contributed by atoms with Crippen molar-refractivity contribution in [2.24, 2.45) is 34.5 Å². The summed E-state index contributed by atoms with van der Waals surface area (Å²) in [6.07, 6.45) is 5.63. The number of hydrogen-bond acceptors (Lipinski definition) is 2. The SMILES string of the molecule is C[C@]12CCC(=O)CC1CCC1C2CC[C@@]2(C)C1C[C@H]([18F])[C@@H]2O. The quantitative estimate of drug-likeness (QED) is 0.737. The zero-order chi connectivity index (χ0) is 15.7. The molecule has 0 saturated heterocycles. The van der Waals surface area contributed by atoms with E-state index in [9.17, 15) is 14.3 Å². The molecule has 4 aliphatic rings. The van der Waals surface area contributed by atoms with Crippen LogP contribution in [0.25, 0.3) is 0 Å². The van der Waals surface area contributed by atoms with Gasteiger partial charge in [0.2, 0.25) is 0 Å². The van der Waals surface area contributed by atoms with Crippen LogP contribution in [-0.2, 0) is 4.79 Å². The Kier molecular flexibility index (Phi) is 3.28. The van der Waals surface area contributed by atoms with Crippen molar-refractivity contribution >= 4 is 5.78 Å². The van der Waals surface area contributed by atoms with Crippen LogP contribution in [0.2, 0.25) is 0 Å². The maximum Gasteiger partial charge on any atom is 0.133 e. The highest BCUT2D eigenvalue weighted by Gasteiger charge is 2.62. The molecule has 0 aromatic heterocycles. The molecule has 4 saturated carbocycles. The van der Waals surface area contributed by atoms with E-state index in [1.165, 1.54) is 0 Å². The summed E-state index contributed by atoms with van der Waals surface area (Å²) in [5.74, 6) is 2.53. The van der Waals surface area contributed by atoms with Crippen molar-refractivity contribution in [2.45, 2.75) is 77.5 Å². The highest BCUT2D eigenvalue weighted by Crippen LogP contribution is 2.66. The van der Waals surface area contributed by atoms with Gasteiger partial charge in [-0.05, 0) is 73.0 Å². The zero-order valence-corrected chi connectivity index (χ0v) is 13.9. The van der Waals surface area contributed by atoms with E-state index in [0.717, 1.165) is 44.9 Å². The van der Waals surface area contributed by atoms with Crippen LogP contribution < -0.4 is 0 Å². The van der Waals surface area contributed by atoms with Crippen molar-refractivity contribution in [1.82, 2.24) is 0 Å². The van der Waals surface area contributed by atoms with Crippen molar-refractivity contribution in [3.8, 4) is 0 Å². The Balaban J connectivity index is 1.64. The molecule has 4 fully saturated rings. The summed E-state index contributed by atoms with van der Waals surface area (Å²) < 4.78 is 14.2. The van der Waals surface area contributed by atoms with Crippen LogP contribution in [0.3, 0.4) is 0 Å². The molecule has 2 nitrogen and oxygen atoms in total. The molecule has 0 spiro atoms. The van der Waals surface area contributed by atoms with Crippen molar-refractivity contribution in [3.05, 3.63) is 0 Å². The van der Waals surface area contributed by atoms with Crippen LogP contribution in [0.4, 0.5) is 4.39 Å². The molecular weight excluding hydrogens is 278 g/mol. The maximum atomic E-state index is 14.2. The minimum atomic E-state index is -1.03. The van der Waals surface area contributed by atoms with E-state index in [2.05, 4.69) is 13.8 Å². The molecule has 0 heterocycles. The van der Waals surface area contributed by atoms with Crippen LogP contribution >= 0.6 is 0 Å². The van der Waals surface area contributed by atoms with Crippen molar-refractivity contribution in [2.75, 3.05) is 0 Å². The first-order valence-corrected chi connectivity index (χ1v) is 9.20. The average molecular weight is 307 g/mol. The lowest BCUT2D eigenvalue weighted by Gasteiger charge is -2.59. The molecule has 0 aromatic rings. The lowest BCUT2D eigenvalue weighted by molar-refractivity contribution is -0.142. The molecule has 0 aromatic carbocycles. The number of fused-ring (bicyclic) bond motifs is 5. The second-order valence-electron chi connectivity index (χ2n) is 9.14. The summed E-state index contributed by atoms with van der Waals surface area (Å²) in [6.45, 7) is 4.53. The number of halogens is 1. The molecule has 0 bridgehead atoms. The average Bonchev–Trinajstić information content (AvgIpc) is 2.72. The fourth-order valence-corrected chi connectivity index (χ4v) is 6.99. The molecule has 0 amide bonds. The Hall–Kier alpha value is -0.440. The van der Waals surface area contributed by atoms with Gasteiger partial charge >= 0.3 is 0 Å². The minimum absolute atomic E-state index is 0.214. The third kappa shape index (κ3) is 1.84. The Morgan fingerprint density at radius 1 is 1.09 bits per heavy atom. The van der Waals surface area contributed by atoms with Gasteiger partial charge in [0.25, 0.3) is 0 Å². The molecule has 8 atom stereocenters. The van der Waals surface area contributed by atoms with Crippen LogP contribution in [-0.4, -0.2) is 23.2 Å². The molecule has 3 heteroatoms. The third-order valence-corrected chi connectivity index (χ3v) is 8.42. The summed E-state index contributed by atoms with van der Waals surface area (Å²) in [5, 5.41) is 10.4. The van der Waals surface area contributed by atoms with Gasteiger partial charge < -0.3 is 5.11 Å². The van der Waals surface area contributed by atoms with Crippen LogP contribution in [0.5, 0.6) is 0 Å². The third-order valence-electron chi connectivity index (χ3n) is 8.42. The fraction of sp³-hybridized carbons (Fsp3) is 0.947. The first kappa shape index (κ1) is 15.1. The van der Waals surface area contributed by atoms with Crippen LogP contribution in [0.15, 0.2) is 0 Å². The van der Waals surface area contributed by atoms with Gasteiger partial charge in [0, 0.05) is 12.8 Å². The van der Waals surface area contributed by atoms with Crippen LogP contribution in [0, 0.1) is 34.5 Å². The Bertz CT molecular complexity index is 492. The molecular formula is C19H29FO2. The van der Waals surface area contributed by atoms with E-state index in [1.807, 2.05) is 0 Å². The summed E-state index contributed by atoms with van der Waals surface area (Å²) in [5.41, 5.74) is 0.0613. The van der Waals surface area contributed by atoms with Crippen molar-refractivity contribution < 1.29 is 14.3 Å². The van der Waals surface area contributed by atoms with E-state index in [4.69, 9.17) is 0 Å². The normalized spacial score (nSPS) is 57.9. The van der Waals surface area contributed by atoms with Gasteiger partial charge in [-0.15, -0.1) is 0 Å². The van der Waals surface area contributed by atoms with E-state index >= 15 is 0 Å². The van der Waals surface area contributed by atoms with Crippen molar-refractivity contribution in [3.63, 3.8) is 0 Å². The molecule has 0 aliphatic heterocycles. The summed E-state index contributed by atoms with van der Waals surface area (Å²) in [4.78, 5) is 11.9. The smallest absolute Gasteiger partial charge is 0.133 e. The number of hydrogen-bond donors (Lipinski definition) is 1. The number of ketones is 1. The predicted molar refractivity (Wildman–Crippen MR) is 83.0 cm³/mol. The Labute approximate surface area is 132 Å². The summed E-state index contributed by atoms with van der Waals surface area (Å²) in [7, 11) is 0. The van der Waals surface area contributed by atoms with E-state index < -0.39 is 12.3 Å². The van der Waals surface area contributed by atoms with Gasteiger partial charge in [0.15, 0.2) is 0 Å². The molecule has 1 N–H and O–H groups in total. The fourth-order valence-electron chi connectivity index (χ4n) is 6.99. The van der Waals surface area contributed by atoms with Gasteiger partial charge in [0.1, 0.15) is 12.0 Å². The second kappa shape index (κ2) is 4.78. The predicted octanol–water partition coefficient (Wildman–Crippen LogP) is 3.91. The maximum absolute atomic E-state index is 14.2. The number of alkyl halides is 1. The van der Waals surface area contributed by atoms with Gasteiger partial charge in [0.05, 0.1) is 6.10 Å². The Morgan fingerprint density at radius 3 is 2.64 bits per heavy atom. The molecule has 124 valence electrons. The van der Waals surface area contributed by atoms with E-state index in [-0.39, 0.29) is 10.8 Å². The number of carbonyl (C=O) groups is 1. The lowest BCUT2D eigenvalue weighted by Crippen LogP contribution is -2.54. The van der Waals surface area contributed by atoms with Gasteiger partial charge in [-0.2, -0.15) is 0 Å². The molecule has 4 rings (SSSR count). The Morgan fingerprint density at radius 2 is 1.86 bits per heavy atom. The van der Waals surface area contributed by atoms with Gasteiger partial charge in [-0.3, -0.25) is 4.79 Å². The molecule has 4 aliphatic carbocycles. The van der Waals surface area contributed by atoms with Gasteiger partial charge in [-0.1, -0.05) is 13.8 Å². The lowest BCUT2D eigenvalue weighted by atomic mass is 9.45. The highest BCUT2D eigenvalue weighted by molar-refractivity contribution is 5.79.